The van der Waals surface area contributed by atoms with E-state index in [1.165, 1.54) is 18.3 Å². The largest absolute Gasteiger partial charge is 0.503 e. The number of fused-ring (bicyclic) bond motifs is 1. The van der Waals surface area contributed by atoms with Crippen LogP contribution >= 0.6 is 11.8 Å². The monoisotopic (exact) mass is 475 g/mol. The Bertz CT molecular complexity index is 1080. The summed E-state index contributed by atoms with van der Waals surface area (Å²) in [6.45, 7) is 5.23. The number of carbonyl (C=O) groups is 1. The predicted octanol–water partition coefficient (Wildman–Crippen LogP) is 4.03. The van der Waals surface area contributed by atoms with Crippen molar-refractivity contribution < 1.29 is 19.0 Å². The van der Waals surface area contributed by atoms with E-state index >= 15 is 0 Å². The fraction of sp³-hybridized carbons (Fsp3) is 0.375. The lowest BCUT2D eigenvalue weighted by atomic mass is 10.1. The van der Waals surface area contributed by atoms with E-state index in [0.29, 0.717) is 26.1 Å². The number of pyridine rings is 1. The normalized spacial score (nSPS) is 13.3. The van der Waals surface area contributed by atoms with Gasteiger partial charge >= 0.3 is 0 Å². The summed E-state index contributed by atoms with van der Waals surface area (Å²) in [5.74, 6) is -1.30. The zero-order valence-corrected chi connectivity index (χ0v) is 20.2. The number of nitrogens with zero attached hydrogens (tertiary/aromatic N) is 2. The van der Waals surface area contributed by atoms with Gasteiger partial charge in [0.1, 0.15) is 10.9 Å². The lowest BCUT2D eigenvalue weighted by molar-refractivity contribution is 0.0707. The van der Waals surface area contributed by atoms with Crippen LogP contribution in [0.4, 0.5) is 4.39 Å². The number of thioether (sulfide) groups is 1. The van der Waals surface area contributed by atoms with Gasteiger partial charge in [-0.15, -0.1) is 0 Å². The highest BCUT2D eigenvalue weighted by molar-refractivity contribution is 8.17. The van der Waals surface area contributed by atoms with E-state index in [9.17, 15) is 19.1 Å². The van der Waals surface area contributed by atoms with Gasteiger partial charge in [0.2, 0.25) is 5.43 Å². The Hall–Kier alpha value is -2.91. The van der Waals surface area contributed by atoms with Crippen molar-refractivity contribution >= 4 is 22.7 Å². The summed E-state index contributed by atoms with van der Waals surface area (Å²) < 4.78 is 19.0. The Morgan fingerprint density at radius 1 is 1.21 bits per heavy atom. The van der Waals surface area contributed by atoms with E-state index in [2.05, 4.69) is 4.74 Å². The van der Waals surface area contributed by atoms with E-state index in [1.54, 1.807) is 35.8 Å². The zero-order chi connectivity index (χ0) is 24.5. The number of rotatable bonds is 6. The molecule has 3 rings (SSSR count). The highest BCUT2D eigenvalue weighted by Gasteiger charge is 2.29. The molecule has 178 valence electrons. The molecule has 2 N–H and O–H groups in total. The number of nitrogens with one attached hydrogen (secondary N) is 1. The molecule has 33 heavy (non-hydrogen) atoms. The summed E-state index contributed by atoms with van der Waals surface area (Å²) in [5.41, 5.74) is 0.208. The van der Waals surface area contributed by atoms with Gasteiger partial charge in [-0.2, -0.15) is 0 Å². The average molecular weight is 476 g/mol. The number of benzene rings is 1. The van der Waals surface area contributed by atoms with Gasteiger partial charge in [0.05, 0.1) is 5.56 Å². The maximum absolute atomic E-state index is 13.2. The van der Waals surface area contributed by atoms with Crippen LogP contribution in [0.3, 0.4) is 0 Å². The molecular formula is C24H30FN3O4S. The quantitative estimate of drug-likeness (QED) is 0.486. The first-order valence-corrected chi connectivity index (χ1v) is 11.4. The molecule has 1 aliphatic rings. The second-order valence-electron chi connectivity index (χ2n) is 7.37. The first kappa shape index (κ1) is 26.3. The number of halogens is 1. The number of carbonyl (C=O) groups excluding carboxylic acids is 1. The Morgan fingerprint density at radius 3 is 2.42 bits per heavy atom. The molecule has 0 spiro atoms. The summed E-state index contributed by atoms with van der Waals surface area (Å²) in [6, 6.07) is 6.15. The first-order valence-electron chi connectivity index (χ1n) is 10.6. The van der Waals surface area contributed by atoms with Gasteiger partial charge in [0, 0.05) is 46.5 Å². The van der Waals surface area contributed by atoms with Crippen molar-refractivity contribution in [3.8, 4) is 5.75 Å². The van der Waals surface area contributed by atoms with Crippen molar-refractivity contribution in [3.63, 3.8) is 0 Å². The zero-order valence-electron chi connectivity index (χ0n) is 19.4. The van der Waals surface area contributed by atoms with Crippen molar-refractivity contribution in [2.75, 3.05) is 27.3 Å². The van der Waals surface area contributed by atoms with E-state index in [0.717, 1.165) is 28.7 Å². The number of aromatic nitrogens is 1. The average Bonchev–Trinajstić information content (AvgIpc) is 2.78. The predicted molar refractivity (Wildman–Crippen MR) is 130 cm³/mol. The molecule has 2 heterocycles. The van der Waals surface area contributed by atoms with E-state index in [-0.39, 0.29) is 28.0 Å². The summed E-state index contributed by atoms with van der Waals surface area (Å²) in [5, 5.41) is 18.9. The van der Waals surface area contributed by atoms with Crippen LogP contribution in [-0.4, -0.2) is 52.8 Å². The lowest BCUT2D eigenvalue weighted by Gasteiger charge is -2.29. The molecule has 1 amide bonds. The summed E-state index contributed by atoms with van der Waals surface area (Å²) >= 11 is 1.13. The third-order valence-electron chi connectivity index (χ3n) is 4.94. The fourth-order valence-electron chi connectivity index (χ4n) is 3.36. The second-order valence-corrected chi connectivity index (χ2v) is 8.51. The number of hydrogen-bond donors (Lipinski definition) is 2. The highest BCUT2D eigenvalue weighted by atomic mass is 32.2. The van der Waals surface area contributed by atoms with Gasteiger partial charge in [-0.05, 0) is 35.9 Å². The van der Waals surface area contributed by atoms with Gasteiger partial charge in [-0.1, -0.05) is 36.9 Å². The molecule has 9 heteroatoms. The van der Waals surface area contributed by atoms with Crippen LogP contribution in [0.25, 0.3) is 0 Å². The molecule has 1 aromatic carbocycles. The van der Waals surface area contributed by atoms with E-state index in [1.807, 2.05) is 19.9 Å². The number of allylic oxidation sites excluding steroid dienone is 2. The standard InChI is InChI=1S/C22H24FN3O3S.C2H6O/c1-3-5-16(12-14-6-8-15(23)9-7-14)30-21(24)17-13-26-11-10-25(4-2)22(29)18(26)20(28)19(17)27;1-3-2/h5-9,13,24,28H,3-4,10-12H2,1-2H3;1-2H3/b16-5+,24-21?;. The Kier molecular flexibility index (Phi) is 9.87. The number of amides is 1. The first-order chi connectivity index (χ1) is 15.8. The fourth-order valence-corrected chi connectivity index (χ4v) is 4.37. The Morgan fingerprint density at radius 2 is 1.85 bits per heavy atom. The molecule has 0 bridgehead atoms. The summed E-state index contributed by atoms with van der Waals surface area (Å²) in [7, 11) is 3.25. The third-order valence-corrected chi connectivity index (χ3v) is 5.94. The van der Waals surface area contributed by atoms with Crippen LogP contribution in [0.1, 0.15) is 41.9 Å². The maximum Gasteiger partial charge on any atom is 0.274 e. The van der Waals surface area contributed by atoms with E-state index < -0.39 is 11.2 Å². The summed E-state index contributed by atoms with van der Waals surface area (Å²) in [4.78, 5) is 27.6. The third kappa shape index (κ3) is 6.55. The van der Waals surface area contributed by atoms with Gasteiger partial charge in [0.15, 0.2) is 11.4 Å². The second kappa shape index (κ2) is 12.4. The van der Waals surface area contributed by atoms with Crippen LogP contribution < -0.4 is 5.43 Å². The van der Waals surface area contributed by atoms with Crippen LogP contribution in [0.2, 0.25) is 0 Å². The molecule has 2 aromatic rings. The molecule has 0 fully saturated rings. The number of methoxy groups -OCH3 is 1. The van der Waals surface area contributed by atoms with Crippen LogP contribution in [-0.2, 0) is 17.7 Å². The topological polar surface area (TPSA) is 95.6 Å². The van der Waals surface area contributed by atoms with Gasteiger partial charge in [-0.25, -0.2) is 4.39 Å². The molecule has 0 saturated heterocycles. The molecule has 0 saturated carbocycles. The molecule has 0 atom stereocenters. The summed E-state index contributed by atoms with van der Waals surface area (Å²) in [6.07, 6.45) is 4.69. The number of aromatic hydroxyl groups is 1. The molecule has 1 aromatic heterocycles. The van der Waals surface area contributed by atoms with Crippen molar-refractivity contribution in [1.82, 2.24) is 9.47 Å². The Labute approximate surface area is 197 Å². The number of ether oxygens (including phenoxy) is 1. The number of hydrogen-bond acceptors (Lipinski definition) is 6. The molecule has 0 radical (unpaired) electrons. The van der Waals surface area contributed by atoms with Crippen LogP contribution in [0.5, 0.6) is 5.75 Å². The Balaban J connectivity index is 0.00000122. The van der Waals surface area contributed by atoms with Crippen LogP contribution in [0, 0.1) is 11.2 Å². The SMILES string of the molecule is CC/C=C(\Cc1ccc(F)cc1)SC(=N)c1cn2c(c(O)c1=O)C(=O)N(CC)CC2.COC. The number of likely N-dealkylation sites (N-methyl/N-ethyl adjacent to an activating group) is 1. The minimum Gasteiger partial charge on any atom is -0.503 e. The minimum absolute atomic E-state index is 0.00205. The van der Waals surface area contributed by atoms with E-state index in [4.69, 9.17) is 5.41 Å². The van der Waals surface area contributed by atoms with Crippen molar-refractivity contribution in [2.45, 2.75) is 33.2 Å². The van der Waals surface area contributed by atoms with Crippen LogP contribution in [0.15, 0.2) is 46.2 Å². The van der Waals surface area contributed by atoms with Gasteiger partial charge < -0.3 is 19.3 Å². The maximum atomic E-state index is 13.2. The lowest BCUT2D eigenvalue weighted by Crippen LogP contribution is -2.41. The highest BCUT2D eigenvalue weighted by Crippen LogP contribution is 2.27. The minimum atomic E-state index is -0.720. The molecule has 0 aliphatic carbocycles. The van der Waals surface area contributed by atoms with Gasteiger partial charge in [-0.3, -0.25) is 15.0 Å². The van der Waals surface area contributed by atoms with Crippen molar-refractivity contribution in [1.29, 1.82) is 5.41 Å². The smallest absolute Gasteiger partial charge is 0.274 e. The van der Waals surface area contributed by atoms with Crippen molar-refractivity contribution in [3.05, 3.63) is 74.3 Å². The van der Waals surface area contributed by atoms with Gasteiger partial charge in [0.25, 0.3) is 5.91 Å². The van der Waals surface area contributed by atoms with Crippen molar-refractivity contribution in [2.24, 2.45) is 0 Å². The molecule has 7 nitrogen and oxygen atoms in total. The molecular weight excluding hydrogens is 445 g/mol. The molecule has 0 unspecified atom stereocenters. The molecule has 1 aliphatic heterocycles.